The zero-order chi connectivity index (χ0) is 19.9. The van der Waals surface area contributed by atoms with Crippen LogP contribution >= 0.6 is 0 Å². The minimum absolute atomic E-state index is 0.0434. The van der Waals surface area contributed by atoms with Crippen LogP contribution in [0.1, 0.15) is 11.3 Å². The Bertz CT molecular complexity index is 1210. The lowest BCUT2D eigenvalue weighted by Gasteiger charge is -2.27. The van der Waals surface area contributed by atoms with Crippen LogP contribution in [0.25, 0.3) is 11.4 Å². The maximum absolute atomic E-state index is 13.4. The van der Waals surface area contributed by atoms with Crippen molar-refractivity contribution >= 4 is 10.0 Å². The third-order valence-corrected chi connectivity index (χ3v) is 6.44. The number of aromatic nitrogens is 2. The number of nitrogens with zero attached hydrogens (tertiary/aromatic N) is 2. The molecule has 28 heavy (non-hydrogen) atoms. The van der Waals surface area contributed by atoms with Crippen LogP contribution in [0.15, 0.2) is 58.2 Å². The van der Waals surface area contributed by atoms with Crippen molar-refractivity contribution in [1.29, 1.82) is 0 Å². The number of hydrogen-bond acceptors (Lipinski definition) is 4. The van der Waals surface area contributed by atoms with E-state index in [0.717, 1.165) is 12.1 Å². The van der Waals surface area contributed by atoms with Gasteiger partial charge in [0.25, 0.3) is 5.56 Å². The molecule has 0 atom stereocenters. The number of hydrogen-bond donors (Lipinski definition) is 1. The van der Waals surface area contributed by atoms with E-state index in [1.807, 2.05) is 0 Å². The minimum Gasteiger partial charge on any atom is -0.306 e. The van der Waals surface area contributed by atoms with Crippen molar-refractivity contribution in [2.75, 3.05) is 6.54 Å². The second kappa shape index (κ2) is 6.92. The molecule has 3 aromatic rings. The summed E-state index contributed by atoms with van der Waals surface area (Å²) in [6.07, 6.45) is 0.238. The van der Waals surface area contributed by atoms with Crippen molar-refractivity contribution in [2.45, 2.75) is 17.9 Å². The van der Waals surface area contributed by atoms with Gasteiger partial charge in [-0.15, -0.1) is 0 Å². The second-order valence-electron chi connectivity index (χ2n) is 6.39. The Morgan fingerprint density at radius 2 is 1.79 bits per heavy atom. The molecule has 0 radical (unpaired) electrons. The molecule has 1 N–H and O–H groups in total. The van der Waals surface area contributed by atoms with E-state index in [4.69, 9.17) is 0 Å². The van der Waals surface area contributed by atoms with E-state index in [2.05, 4.69) is 9.97 Å². The summed E-state index contributed by atoms with van der Waals surface area (Å²) < 4.78 is 53.2. The lowest BCUT2D eigenvalue weighted by atomic mass is 10.1. The standard InChI is InChI=1S/C19H15F2N3O3S/c20-13-4-6-15(7-5-13)28(26,27)24-9-8-17-16(11-24)19(25)23-18(22-17)12-2-1-3-14(21)10-12/h1-7,10H,8-9,11H2,(H,22,23,25). The molecule has 0 saturated carbocycles. The minimum atomic E-state index is -3.87. The van der Waals surface area contributed by atoms with E-state index in [1.165, 1.54) is 34.6 Å². The number of nitrogens with one attached hydrogen (secondary N) is 1. The third kappa shape index (κ3) is 3.34. The fourth-order valence-corrected chi connectivity index (χ4v) is 4.54. The van der Waals surface area contributed by atoms with Gasteiger partial charge >= 0.3 is 0 Å². The van der Waals surface area contributed by atoms with Crippen LogP contribution in [-0.4, -0.2) is 29.2 Å². The number of benzene rings is 2. The van der Waals surface area contributed by atoms with Gasteiger partial charge in [0.1, 0.15) is 17.5 Å². The molecule has 0 aliphatic carbocycles. The predicted octanol–water partition coefficient (Wildman–Crippen LogP) is 2.46. The van der Waals surface area contributed by atoms with Crippen molar-refractivity contribution in [3.8, 4) is 11.4 Å². The fraction of sp³-hybridized carbons (Fsp3) is 0.158. The number of aromatic amines is 1. The zero-order valence-corrected chi connectivity index (χ0v) is 15.3. The van der Waals surface area contributed by atoms with E-state index < -0.39 is 27.2 Å². The quantitative estimate of drug-likeness (QED) is 0.728. The maximum atomic E-state index is 13.4. The van der Waals surface area contributed by atoms with Gasteiger partial charge in [-0.25, -0.2) is 22.2 Å². The summed E-state index contributed by atoms with van der Waals surface area (Å²) in [7, 11) is -3.87. The largest absolute Gasteiger partial charge is 0.306 e. The van der Waals surface area contributed by atoms with Crippen LogP contribution in [0.2, 0.25) is 0 Å². The Morgan fingerprint density at radius 3 is 2.50 bits per heavy atom. The summed E-state index contributed by atoms with van der Waals surface area (Å²) in [5.74, 6) is -0.749. The molecule has 1 aliphatic rings. The first-order valence-electron chi connectivity index (χ1n) is 8.48. The Morgan fingerprint density at radius 1 is 1.04 bits per heavy atom. The molecule has 0 spiro atoms. The fourth-order valence-electron chi connectivity index (χ4n) is 3.13. The number of H-pyrrole nitrogens is 1. The van der Waals surface area contributed by atoms with Crippen LogP contribution in [0, 0.1) is 11.6 Å². The van der Waals surface area contributed by atoms with Gasteiger partial charge in [-0.05, 0) is 36.4 Å². The molecule has 6 nitrogen and oxygen atoms in total. The van der Waals surface area contributed by atoms with Crippen LogP contribution in [0.3, 0.4) is 0 Å². The van der Waals surface area contributed by atoms with Crippen molar-refractivity contribution in [1.82, 2.24) is 14.3 Å². The summed E-state index contributed by atoms with van der Waals surface area (Å²) in [5, 5.41) is 0. The van der Waals surface area contributed by atoms with Gasteiger partial charge in [0.05, 0.1) is 16.2 Å². The molecule has 0 fully saturated rings. The first-order chi connectivity index (χ1) is 13.3. The highest BCUT2D eigenvalue weighted by molar-refractivity contribution is 7.89. The molecule has 0 amide bonds. The van der Waals surface area contributed by atoms with Gasteiger partial charge in [0.2, 0.25) is 10.0 Å². The topological polar surface area (TPSA) is 83.1 Å². The lowest BCUT2D eigenvalue weighted by Crippen LogP contribution is -2.39. The highest BCUT2D eigenvalue weighted by Crippen LogP contribution is 2.24. The Labute approximate surface area is 159 Å². The Balaban J connectivity index is 1.68. The molecule has 0 saturated heterocycles. The van der Waals surface area contributed by atoms with E-state index in [0.29, 0.717) is 11.3 Å². The summed E-state index contributed by atoms with van der Waals surface area (Å²) in [6, 6.07) is 10.2. The van der Waals surface area contributed by atoms with E-state index in [-0.39, 0.29) is 35.8 Å². The molecule has 9 heteroatoms. The van der Waals surface area contributed by atoms with E-state index >= 15 is 0 Å². The average molecular weight is 403 g/mol. The first-order valence-corrected chi connectivity index (χ1v) is 9.92. The molecule has 4 rings (SSSR count). The van der Waals surface area contributed by atoms with E-state index in [1.54, 1.807) is 6.07 Å². The smallest absolute Gasteiger partial charge is 0.255 e. The lowest BCUT2D eigenvalue weighted by molar-refractivity contribution is 0.385. The number of fused-ring (bicyclic) bond motifs is 1. The molecule has 2 heterocycles. The molecular weight excluding hydrogens is 388 g/mol. The average Bonchev–Trinajstić information content (AvgIpc) is 2.68. The van der Waals surface area contributed by atoms with Crippen molar-refractivity contribution in [2.24, 2.45) is 0 Å². The van der Waals surface area contributed by atoms with Crippen molar-refractivity contribution in [3.05, 3.63) is 81.8 Å². The summed E-state index contributed by atoms with van der Waals surface area (Å²) >= 11 is 0. The van der Waals surface area contributed by atoms with Gasteiger partial charge in [-0.2, -0.15) is 4.31 Å². The molecular formula is C19H15F2N3O3S. The maximum Gasteiger partial charge on any atom is 0.255 e. The zero-order valence-electron chi connectivity index (χ0n) is 14.5. The second-order valence-corrected chi connectivity index (χ2v) is 8.33. The Kier molecular flexibility index (Phi) is 4.56. The normalized spacial score (nSPS) is 14.6. The summed E-state index contributed by atoms with van der Waals surface area (Å²) in [6.45, 7) is -0.00738. The molecule has 2 aromatic carbocycles. The molecule has 0 unspecified atom stereocenters. The van der Waals surface area contributed by atoms with E-state index in [9.17, 15) is 22.0 Å². The first kappa shape index (κ1) is 18.5. The van der Waals surface area contributed by atoms with Crippen LogP contribution < -0.4 is 5.56 Å². The van der Waals surface area contributed by atoms with Crippen LogP contribution in [-0.2, 0) is 23.0 Å². The molecule has 1 aromatic heterocycles. The number of halogens is 2. The van der Waals surface area contributed by atoms with Gasteiger partial charge in [0.15, 0.2) is 0 Å². The van der Waals surface area contributed by atoms with Crippen molar-refractivity contribution in [3.63, 3.8) is 0 Å². The summed E-state index contributed by atoms with van der Waals surface area (Å²) in [4.78, 5) is 19.5. The monoisotopic (exact) mass is 403 g/mol. The van der Waals surface area contributed by atoms with Gasteiger partial charge in [-0.1, -0.05) is 12.1 Å². The van der Waals surface area contributed by atoms with Crippen molar-refractivity contribution < 1.29 is 17.2 Å². The number of sulfonamides is 1. The molecule has 144 valence electrons. The van der Waals surface area contributed by atoms with Crippen LogP contribution in [0.5, 0.6) is 0 Å². The van der Waals surface area contributed by atoms with Gasteiger partial charge in [0, 0.05) is 25.1 Å². The Hall–Kier alpha value is -2.91. The number of rotatable bonds is 3. The molecule has 0 bridgehead atoms. The summed E-state index contributed by atoms with van der Waals surface area (Å²) in [5.41, 5.74) is 0.690. The SMILES string of the molecule is O=c1[nH]c(-c2cccc(F)c2)nc2c1CN(S(=O)(=O)c1ccc(F)cc1)CC2. The predicted molar refractivity (Wildman–Crippen MR) is 98.0 cm³/mol. The third-order valence-electron chi connectivity index (χ3n) is 4.58. The van der Waals surface area contributed by atoms with Crippen LogP contribution in [0.4, 0.5) is 8.78 Å². The highest BCUT2D eigenvalue weighted by Gasteiger charge is 2.30. The van der Waals surface area contributed by atoms with Gasteiger partial charge in [-0.3, -0.25) is 4.79 Å². The highest BCUT2D eigenvalue weighted by atomic mass is 32.2. The van der Waals surface area contributed by atoms with Gasteiger partial charge < -0.3 is 4.98 Å². The molecule has 1 aliphatic heterocycles.